The lowest BCUT2D eigenvalue weighted by atomic mass is 9.89. The summed E-state index contributed by atoms with van der Waals surface area (Å²) >= 11 is 0. The molecule has 3 heterocycles. The van der Waals surface area contributed by atoms with Crippen LogP contribution in [0.2, 0.25) is 0 Å². The standard InChI is InChI=1S/C14H17N3O2/c1-2-6-14(19)9-16(10-14)13(18)11-8-15-17-7-4-3-5-12(11)17/h3-5,7-8,19H,2,6,9-10H2,1H3. The summed E-state index contributed by atoms with van der Waals surface area (Å²) in [7, 11) is 0. The Morgan fingerprint density at radius 3 is 3.00 bits per heavy atom. The van der Waals surface area contributed by atoms with Crippen LogP contribution in [0.4, 0.5) is 0 Å². The first-order valence-corrected chi connectivity index (χ1v) is 6.57. The Balaban J connectivity index is 1.79. The summed E-state index contributed by atoms with van der Waals surface area (Å²) < 4.78 is 1.69. The first kappa shape index (κ1) is 12.2. The molecule has 5 heteroatoms. The second-order valence-corrected chi connectivity index (χ2v) is 5.22. The average Bonchev–Trinajstić information content (AvgIpc) is 2.79. The van der Waals surface area contributed by atoms with Gasteiger partial charge in [-0.3, -0.25) is 4.79 Å². The Labute approximate surface area is 111 Å². The third-order valence-corrected chi connectivity index (χ3v) is 3.63. The Hall–Kier alpha value is -1.88. The Kier molecular flexibility index (Phi) is 2.78. The molecule has 1 N–H and O–H groups in total. The van der Waals surface area contributed by atoms with Crippen LogP contribution in [0.25, 0.3) is 5.52 Å². The van der Waals surface area contributed by atoms with Crippen molar-refractivity contribution >= 4 is 11.4 Å². The fourth-order valence-electron chi connectivity index (χ4n) is 2.70. The monoisotopic (exact) mass is 259 g/mol. The molecule has 0 aliphatic carbocycles. The topological polar surface area (TPSA) is 57.8 Å². The van der Waals surface area contributed by atoms with Gasteiger partial charge in [0.05, 0.1) is 36.0 Å². The number of carbonyl (C=O) groups is 1. The van der Waals surface area contributed by atoms with Gasteiger partial charge in [0.1, 0.15) is 0 Å². The lowest BCUT2D eigenvalue weighted by molar-refractivity contribution is -0.0859. The molecule has 5 nitrogen and oxygen atoms in total. The Morgan fingerprint density at radius 1 is 1.47 bits per heavy atom. The van der Waals surface area contributed by atoms with Crippen molar-refractivity contribution in [2.45, 2.75) is 25.4 Å². The summed E-state index contributed by atoms with van der Waals surface area (Å²) in [6.07, 6.45) is 5.07. The smallest absolute Gasteiger partial charge is 0.257 e. The number of likely N-dealkylation sites (tertiary alicyclic amines) is 1. The van der Waals surface area contributed by atoms with E-state index >= 15 is 0 Å². The van der Waals surface area contributed by atoms with Gasteiger partial charge in [-0.2, -0.15) is 5.10 Å². The van der Waals surface area contributed by atoms with Crippen molar-refractivity contribution in [2.75, 3.05) is 13.1 Å². The van der Waals surface area contributed by atoms with Crippen molar-refractivity contribution in [2.24, 2.45) is 0 Å². The zero-order chi connectivity index (χ0) is 13.5. The number of amides is 1. The molecular formula is C14H17N3O2. The predicted octanol–water partition coefficient (Wildman–Crippen LogP) is 1.32. The molecule has 0 unspecified atom stereocenters. The molecule has 0 saturated carbocycles. The lowest BCUT2D eigenvalue weighted by Gasteiger charge is -2.46. The zero-order valence-corrected chi connectivity index (χ0v) is 10.9. The number of rotatable bonds is 3. The van der Waals surface area contributed by atoms with Gasteiger partial charge in [-0.15, -0.1) is 0 Å². The van der Waals surface area contributed by atoms with Gasteiger partial charge < -0.3 is 10.0 Å². The molecule has 19 heavy (non-hydrogen) atoms. The SMILES string of the molecule is CCCC1(O)CN(C(=O)c2cnn3ccccc23)C1. The molecule has 2 aromatic rings. The number of pyridine rings is 1. The van der Waals surface area contributed by atoms with E-state index in [1.165, 1.54) is 0 Å². The van der Waals surface area contributed by atoms with Crippen molar-refractivity contribution in [1.82, 2.24) is 14.5 Å². The highest BCUT2D eigenvalue weighted by molar-refractivity contribution is 6.01. The van der Waals surface area contributed by atoms with E-state index in [9.17, 15) is 9.90 Å². The largest absolute Gasteiger partial charge is 0.386 e. The van der Waals surface area contributed by atoms with Crippen molar-refractivity contribution in [1.29, 1.82) is 0 Å². The maximum absolute atomic E-state index is 12.4. The fraction of sp³-hybridized carbons (Fsp3) is 0.429. The molecule has 1 aliphatic rings. The van der Waals surface area contributed by atoms with E-state index in [0.29, 0.717) is 18.7 Å². The van der Waals surface area contributed by atoms with Crippen LogP contribution in [-0.2, 0) is 0 Å². The van der Waals surface area contributed by atoms with Crippen molar-refractivity contribution < 1.29 is 9.90 Å². The van der Waals surface area contributed by atoms with Gasteiger partial charge in [0.25, 0.3) is 5.91 Å². The summed E-state index contributed by atoms with van der Waals surface area (Å²) in [6, 6.07) is 5.63. The molecule has 2 aromatic heterocycles. The summed E-state index contributed by atoms with van der Waals surface area (Å²) in [5.74, 6) is -0.0537. The second-order valence-electron chi connectivity index (χ2n) is 5.22. The van der Waals surface area contributed by atoms with Crippen LogP contribution in [0.3, 0.4) is 0 Å². The van der Waals surface area contributed by atoms with E-state index in [1.807, 2.05) is 31.3 Å². The van der Waals surface area contributed by atoms with Gasteiger partial charge in [-0.1, -0.05) is 19.4 Å². The highest BCUT2D eigenvalue weighted by Crippen LogP contribution is 2.28. The molecule has 0 radical (unpaired) electrons. The lowest BCUT2D eigenvalue weighted by Crippen LogP contribution is -2.63. The van der Waals surface area contributed by atoms with E-state index in [0.717, 1.165) is 18.4 Å². The van der Waals surface area contributed by atoms with Crippen LogP contribution >= 0.6 is 0 Å². The van der Waals surface area contributed by atoms with Crippen LogP contribution < -0.4 is 0 Å². The summed E-state index contributed by atoms with van der Waals surface area (Å²) in [5.41, 5.74) is 0.713. The zero-order valence-electron chi connectivity index (χ0n) is 10.9. The molecule has 1 fully saturated rings. The number of carbonyl (C=O) groups excluding carboxylic acids is 1. The van der Waals surface area contributed by atoms with Crippen LogP contribution in [-0.4, -0.2) is 44.2 Å². The van der Waals surface area contributed by atoms with Crippen molar-refractivity contribution in [3.8, 4) is 0 Å². The molecule has 1 aliphatic heterocycles. The summed E-state index contributed by atoms with van der Waals surface area (Å²) in [6.45, 7) is 2.88. The van der Waals surface area contributed by atoms with Crippen LogP contribution in [0.1, 0.15) is 30.1 Å². The number of aromatic nitrogens is 2. The molecule has 0 atom stereocenters. The van der Waals surface area contributed by atoms with E-state index in [-0.39, 0.29) is 5.91 Å². The van der Waals surface area contributed by atoms with Gasteiger partial charge in [-0.05, 0) is 18.6 Å². The van der Waals surface area contributed by atoms with Crippen LogP contribution in [0.5, 0.6) is 0 Å². The molecule has 0 bridgehead atoms. The number of aliphatic hydroxyl groups is 1. The van der Waals surface area contributed by atoms with E-state index < -0.39 is 5.60 Å². The normalized spacial score (nSPS) is 17.5. The third-order valence-electron chi connectivity index (χ3n) is 3.63. The van der Waals surface area contributed by atoms with Gasteiger partial charge in [0, 0.05) is 6.20 Å². The average molecular weight is 259 g/mol. The fourth-order valence-corrected chi connectivity index (χ4v) is 2.70. The van der Waals surface area contributed by atoms with E-state index in [2.05, 4.69) is 5.10 Å². The molecule has 1 saturated heterocycles. The summed E-state index contributed by atoms with van der Waals surface area (Å²) in [5, 5.41) is 14.3. The summed E-state index contributed by atoms with van der Waals surface area (Å²) in [4.78, 5) is 14.0. The first-order chi connectivity index (χ1) is 9.13. The Morgan fingerprint density at radius 2 is 2.26 bits per heavy atom. The van der Waals surface area contributed by atoms with Crippen LogP contribution in [0.15, 0.2) is 30.6 Å². The number of hydrogen-bond donors (Lipinski definition) is 1. The van der Waals surface area contributed by atoms with Crippen LogP contribution in [0, 0.1) is 0 Å². The van der Waals surface area contributed by atoms with Crippen molar-refractivity contribution in [3.63, 3.8) is 0 Å². The minimum absolute atomic E-state index is 0.0537. The number of nitrogens with zero attached hydrogens (tertiary/aromatic N) is 3. The molecule has 3 rings (SSSR count). The van der Waals surface area contributed by atoms with E-state index in [1.54, 1.807) is 15.6 Å². The highest BCUT2D eigenvalue weighted by Gasteiger charge is 2.43. The highest BCUT2D eigenvalue weighted by atomic mass is 16.3. The number of hydrogen-bond acceptors (Lipinski definition) is 3. The molecule has 1 amide bonds. The molecule has 0 aromatic carbocycles. The second kappa shape index (κ2) is 4.35. The van der Waals surface area contributed by atoms with Gasteiger partial charge in [-0.25, -0.2) is 4.52 Å². The quantitative estimate of drug-likeness (QED) is 0.904. The first-order valence-electron chi connectivity index (χ1n) is 6.57. The predicted molar refractivity (Wildman–Crippen MR) is 71.0 cm³/mol. The third kappa shape index (κ3) is 2.00. The number of fused-ring (bicyclic) bond motifs is 1. The Bertz CT molecular complexity index is 614. The molecule has 100 valence electrons. The minimum Gasteiger partial charge on any atom is -0.386 e. The maximum Gasteiger partial charge on any atom is 0.257 e. The molecular weight excluding hydrogens is 242 g/mol. The van der Waals surface area contributed by atoms with Gasteiger partial charge >= 0.3 is 0 Å². The maximum atomic E-state index is 12.4. The van der Waals surface area contributed by atoms with E-state index in [4.69, 9.17) is 0 Å². The minimum atomic E-state index is -0.687. The van der Waals surface area contributed by atoms with Gasteiger partial charge in [0.15, 0.2) is 0 Å². The van der Waals surface area contributed by atoms with Crippen molar-refractivity contribution in [3.05, 3.63) is 36.2 Å². The van der Waals surface area contributed by atoms with Gasteiger partial charge in [0.2, 0.25) is 0 Å². The molecule has 0 spiro atoms. The number of β-amino-alcohol motifs (C(OH)–C–C–N with tert-alkyl or cyclic N) is 1.